The van der Waals surface area contributed by atoms with Crippen molar-refractivity contribution in [2.24, 2.45) is 5.92 Å². The maximum absolute atomic E-state index is 6.10. The van der Waals surface area contributed by atoms with Crippen LogP contribution in [0.5, 0.6) is 0 Å². The maximum Gasteiger partial charge on any atom is 0.171 e. The van der Waals surface area contributed by atoms with Gasteiger partial charge in [0.05, 0.1) is 19.3 Å². The lowest BCUT2D eigenvalue weighted by Gasteiger charge is -2.40. The van der Waals surface area contributed by atoms with Crippen LogP contribution in [0.15, 0.2) is 0 Å². The summed E-state index contributed by atoms with van der Waals surface area (Å²) in [5.41, 5.74) is 0. The van der Waals surface area contributed by atoms with Crippen LogP contribution in [0.2, 0.25) is 0 Å². The summed E-state index contributed by atoms with van der Waals surface area (Å²) >= 11 is 0. The van der Waals surface area contributed by atoms with Crippen LogP contribution in [0, 0.1) is 5.92 Å². The van der Waals surface area contributed by atoms with Crippen LogP contribution in [-0.2, 0) is 14.2 Å². The Kier molecular flexibility index (Phi) is 3.89. The Morgan fingerprint density at radius 3 is 2.67 bits per heavy atom. The number of rotatable bonds is 5. The molecular weight excluding hydrogens is 230 g/mol. The average molecular weight is 255 g/mol. The van der Waals surface area contributed by atoms with Crippen molar-refractivity contribution < 1.29 is 14.2 Å². The van der Waals surface area contributed by atoms with Crippen molar-refractivity contribution in [3.63, 3.8) is 0 Å². The normalized spacial score (nSPS) is 35.2. The summed E-state index contributed by atoms with van der Waals surface area (Å²) in [7, 11) is 2.02. The molecular formula is C14H25NO3. The van der Waals surface area contributed by atoms with Gasteiger partial charge >= 0.3 is 0 Å². The smallest absolute Gasteiger partial charge is 0.171 e. The van der Waals surface area contributed by atoms with E-state index in [9.17, 15) is 0 Å². The molecule has 0 radical (unpaired) electrons. The van der Waals surface area contributed by atoms with Gasteiger partial charge in [-0.05, 0) is 25.8 Å². The van der Waals surface area contributed by atoms with Gasteiger partial charge < -0.3 is 19.5 Å². The fraction of sp³-hybridized carbons (Fsp3) is 1.00. The second-order valence-electron chi connectivity index (χ2n) is 5.89. The molecule has 3 rings (SSSR count). The zero-order valence-corrected chi connectivity index (χ0v) is 11.3. The van der Waals surface area contributed by atoms with Gasteiger partial charge in [0.25, 0.3) is 0 Å². The van der Waals surface area contributed by atoms with Crippen molar-refractivity contribution in [3.05, 3.63) is 0 Å². The molecule has 4 nitrogen and oxygen atoms in total. The SMILES string of the molecule is CNC1CCC2(CC1OCCC1CC1)OCCO2. The lowest BCUT2D eigenvalue weighted by molar-refractivity contribution is -0.206. The zero-order valence-electron chi connectivity index (χ0n) is 11.3. The van der Waals surface area contributed by atoms with E-state index in [0.29, 0.717) is 6.04 Å². The van der Waals surface area contributed by atoms with Gasteiger partial charge in [-0.15, -0.1) is 0 Å². The van der Waals surface area contributed by atoms with Gasteiger partial charge in [-0.3, -0.25) is 0 Å². The van der Waals surface area contributed by atoms with Gasteiger partial charge in [-0.25, -0.2) is 0 Å². The Morgan fingerprint density at radius 1 is 1.22 bits per heavy atom. The molecule has 1 spiro atoms. The molecule has 0 aromatic rings. The summed E-state index contributed by atoms with van der Waals surface area (Å²) in [5.74, 6) is 0.604. The molecule has 1 saturated heterocycles. The first-order valence-electron chi connectivity index (χ1n) is 7.38. The summed E-state index contributed by atoms with van der Waals surface area (Å²) in [6.45, 7) is 2.36. The molecule has 0 bridgehead atoms. The molecule has 104 valence electrons. The maximum atomic E-state index is 6.10. The molecule has 1 heterocycles. The van der Waals surface area contributed by atoms with Crippen molar-refractivity contribution >= 4 is 0 Å². The number of hydrogen-bond donors (Lipinski definition) is 1. The van der Waals surface area contributed by atoms with E-state index in [4.69, 9.17) is 14.2 Å². The molecule has 2 saturated carbocycles. The van der Waals surface area contributed by atoms with E-state index >= 15 is 0 Å². The fourth-order valence-corrected chi connectivity index (χ4v) is 3.17. The zero-order chi connectivity index (χ0) is 12.4. The summed E-state index contributed by atoms with van der Waals surface area (Å²) in [6, 6.07) is 0.447. The summed E-state index contributed by atoms with van der Waals surface area (Å²) in [4.78, 5) is 0. The third kappa shape index (κ3) is 2.87. The van der Waals surface area contributed by atoms with Gasteiger partial charge in [-0.1, -0.05) is 12.8 Å². The van der Waals surface area contributed by atoms with Crippen molar-refractivity contribution in [2.75, 3.05) is 26.9 Å². The number of nitrogens with one attached hydrogen (secondary N) is 1. The third-order valence-corrected chi connectivity index (χ3v) is 4.54. The molecule has 1 aliphatic heterocycles. The molecule has 0 amide bonds. The highest BCUT2D eigenvalue weighted by atomic mass is 16.7. The Balaban J connectivity index is 1.52. The predicted molar refractivity (Wildman–Crippen MR) is 68.4 cm³/mol. The highest BCUT2D eigenvalue weighted by Crippen LogP contribution is 2.38. The van der Waals surface area contributed by atoms with Crippen molar-refractivity contribution in [1.29, 1.82) is 0 Å². The van der Waals surface area contributed by atoms with E-state index in [2.05, 4.69) is 5.32 Å². The van der Waals surface area contributed by atoms with Crippen LogP contribution in [0.25, 0.3) is 0 Å². The van der Waals surface area contributed by atoms with Gasteiger partial charge in [0.1, 0.15) is 0 Å². The minimum atomic E-state index is -0.336. The molecule has 0 aromatic carbocycles. The summed E-state index contributed by atoms with van der Waals surface area (Å²) in [5, 5.41) is 3.38. The Hall–Kier alpha value is -0.160. The quantitative estimate of drug-likeness (QED) is 0.811. The molecule has 3 fully saturated rings. The first kappa shape index (κ1) is 12.9. The highest BCUT2D eigenvalue weighted by Gasteiger charge is 2.45. The lowest BCUT2D eigenvalue weighted by Crippen LogP contribution is -2.51. The largest absolute Gasteiger partial charge is 0.376 e. The van der Waals surface area contributed by atoms with Crippen LogP contribution < -0.4 is 5.32 Å². The Bertz CT molecular complexity index is 274. The molecule has 2 atom stereocenters. The molecule has 3 aliphatic rings. The number of likely N-dealkylation sites (N-methyl/N-ethyl adjacent to an activating group) is 1. The van der Waals surface area contributed by atoms with Crippen molar-refractivity contribution in [1.82, 2.24) is 5.32 Å². The van der Waals surface area contributed by atoms with E-state index in [1.807, 2.05) is 7.05 Å². The minimum absolute atomic E-state index is 0.237. The van der Waals surface area contributed by atoms with Gasteiger partial charge in [0.2, 0.25) is 0 Å². The van der Waals surface area contributed by atoms with Gasteiger partial charge in [-0.2, -0.15) is 0 Å². The molecule has 2 aliphatic carbocycles. The first-order valence-corrected chi connectivity index (χ1v) is 7.38. The van der Waals surface area contributed by atoms with E-state index in [-0.39, 0.29) is 11.9 Å². The van der Waals surface area contributed by atoms with E-state index in [0.717, 1.165) is 45.0 Å². The van der Waals surface area contributed by atoms with Gasteiger partial charge in [0, 0.05) is 25.5 Å². The predicted octanol–water partition coefficient (Wildman–Crippen LogP) is 1.69. The molecule has 2 unspecified atom stereocenters. The van der Waals surface area contributed by atoms with Gasteiger partial charge in [0.15, 0.2) is 5.79 Å². The van der Waals surface area contributed by atoms with Crippen LogP contribution in [0.1, 0.15) is 38.5 Å². The second-order valence-corrected chi connectivity index (χ2v) is 5.89. The standard InChI is InChI=1S/C14H25NO3/c1-15-12-4-6-14(17-8-9-18-14)10-13(12)16-7-5-11-2-3-11/h11-13,15H,2-10H2,1H3. The monoisotopic (exact) mass is 255 g/mol. The van der Waals surface area contributed by atoms with Crippen LogP contribution >= 0.6 is 0 Å². The topological polar surface area (TPSA) is 39.7 Å². The average Bonchev–Trinajstić information content (AvgIpc) is 3.10. The molecule has 4 heteroatoms. The number of ether oxygens (including phenoxy) is 3. The third-order valence-electron chi connectivity index (χ3n) is 4.54. The summed E-state index contributed by atoms with van der Waals surface area (Å²) < 4.78 is 17.7. The van der Waals surface area contributed by atoms with Crippen molar-refractivity contribution in [2.45, 2.75) is 56.5 Å². The van der Waals surface area contributed by atoms with Crippen LogP contribution in [-0.4, -0.2) is 44.8 Å². The second kappa shape index (κ2) is 5.45. The van der Waals surface area contributed by atoms with E-state index < -0.39 is 0 Å². The Labute approximate surface area is 109 Å². The number of hydrogen-bond acceptors (Lipinski definition) is 4. The Morgan fingerprint density at radius 2 is 2.00 bits per heavy atom. The fourth-order valence-electron chi connectivity index (χ4n) is 3.17. The highest BCUT2D eigenvalue weighted by molar-refractivity contribution is 4.92. The molecule has 0 aromatic heterocycles. The first-order chi connectivity index (χ1) is 8.81. The van der Waals surface area contributed by atoms with E-state index in [1.165, 1.54) is 19.3 Å². The lowest BCUT2D eigenvalue weighted by atomic mass is 9.87. The molecule has 1 N–H and O–H groups in total. The minimum Gasteiger partial charge on any atom is -0.376 e. The van der Waals surface area contributed by atoms with Crippen molar-refractivity contribution in [3.8, 4) is 0 Å². The summed E-state index contributed by atoms with van der Waals surface area (Å²) in [6.07, 6.45) is 7.20. The van der Waals surface area contributed by atoms with Crippen LogP contribution in [0.3, 0.4) is 0 Å². The van der Waals surface area contributed by atoms with E-state index in [1.54, 1.807) is 0 Å². The molecule has 18 heavy (non-hydrogen) atoms. The van der Waals surface area contributed by atoms with Crippen LogP contribution in [0.4, 0.5) is 0 Å².